The second-order valence-corrected chi connectivity index (χ2v) is 8.37. The van der Waals surface area contributed by atoms with Gasteiger partial charge in [-0.2, -0.15) is 0 Å². The minimum absolute atomic E-state index is 0.125. The Balaban J connectivity index is 1.53. The topological polar surface area (TPSA) is 61.4 Å². The average molecular weight is 445 g/mol. The van der Waals surface area contributed by atoms with E-state index >= 15 is 0 Å². The molecule has 4 aromatic rings. The molecular weight excluding hydrogens is 428 g/mol. The molecule has 0 bridgehead atoms. The molecule has 7 heteroatoms. The number of amidine groups is 1. The summed E-state index contributed by atoms with van der Waals surface area (Å²) in [6, 6.07) is 24.9. The lowest BCUT2D eigenvalue weighted by molar-refractivity contribution is -0.122. The van der Waals surface area contributed by atoms with Crippen molar-refractivity contribution in [1.29, 1.82) is 0 Å². The van der Waals surface area contributed by atoms with E-state index in [2.05, 4.69) is 9.97 Å². The zero-order valence-corrected chi connectivity index (χ0v) is 17.9. The highest BCUT2D eigenvalue weighted by atomic mass is 35.5. The summed E-state index contributed by atoms with van der Waals surface area (Å²) in [5, 5.41) is 1.20. The number of H-pyrrole nitrogens is 1. The van der Waals surface area contributed by atoms with Crippen molar-refractivity contribution in [2.75, 3.05) is 0 Å². The van der Waals surface area contributed by atoms with Gasteiger partial charge in [-0.25, -0.2) is 9.98 Å². The first-order valence-electron chi connectivity index (χ1n) is 9.71. The van der Waals surface area contributed by atoms with E-state index in [1.807, 2.05) is 84.9 Å². The Labute approximate surface area is 188 Å². The number of aliphatic imine (C=N–C) groups is 1. The van der Waals surface area contributed by atoms with Crippen LogP contribution in [0.3, 0.4) is 0 Å². The average Bonchev–Trinajstić information content (AvgIpc) is 3.32. The van der Waals surface area contributed by atoms with Gasteiger partial charge in [0.2, 0.25) is 0 Å². The number of para-hydroxylation sites is 3. The first kappa shape index (κ1) is 19.6. The van der Waals surface area contributed by atoms with Crippen LogP contribution in [0.25, 0.3) is 17.1 Å². The van der Waals surface area contributed by atoms with Gasteiger partial charge in [0, 0.05) is 5.02 Å². The SMILES string of the molecule is O=C1/C(=C/c2ccccc2Cl)SC(=Nc2ccccc2)N1Cc1nc2ccccc2[nH]1. The van der Waals surface area contributed by atoms with Crippen LogP contribution in [0.2, 0.25) is 5.02 Å². The van der Waals surface area contributed by atoms with Crippen LogP contribution in [0.15, 0.2) is 88.8 Å². The molecule has 31 heavy (non-hydrogen) atoms. The van der Waals surface area contributed by atoms with Gasteiger partial charge >= 0.3 is 0 Å². The highest BCUT2D eigenvalue weighted by Gasteiger charge is 2.34. The highest BCUT2D eigenvalue weighted by molar-refractivity contribution is 8.18. The monoisotopic (exact) mass is 444 g/mol. The third-order valence-electron chi connectivity index (χ3n) is 4.81. The number of imidazole rings is 1. The van der Waals surface area contributed by atoms with Gasteiger partial charge in [-0.15, -0.1) is 0 Å². The van der Waals surface area contributed by atoms with Crippen LogP contribution in [-0.2, 0) is 11.3 Å². The van der Waals surface area contributed by atoms with Crippen molar-refractivity contribution < 1.29 is 4.79 Å². The molecule has 152 valence electrons. The number of hydrogen-bond donors (Lipinski definition) is 1. The van der Waals surface area contributed by atoms with Crippen molar-refractivity contribution in [3.63, 3.8) is 0 Å². The number of fused-ring (bicyclic) bond motifs is 1. The quantitative estimate of drug-likeness (QED) is 0.391. The molecule has 5 nitrogen and oxygen atoms in total. The minimum Gasteiger partial charge on any atom is -0.340 e. The van der Waals surface area contributed by atoms with E-state index in [4.69, 9.17) is 16.6 Å². The molecule has 1 amide bonds. The molecule has 2 heterocycles. The normalized spacial score (nSPS) is 16.7. The molecule has 0 spiro atoms. The van der Waals surface area contributed by atoms with E-state index in [1.165, 1.54) is 11.8 Å². The summed E-state index contributed by atoms with van der Waals surface area (Å²) in [6.45, 7) is 0.298. The number of thioether (sulfide) groups is 1. The highest BCUT2D eigenvalue weighted by Crippen LogP contribution is 2.36. The van der Waals surface area contributed by atoms with Gasteiger partial charge < -0.3 is 4.98 Å². The van der Waals surface area contributed by atoms with Crippen molar-refractivity contribution in [3.8, 4) is 0 Å². The fraction of sp³-hybridized carbons (Fsp3) is 0.0417. The standard InChI is InChI=1S/C24H17ClN4OS/c25-18-11-5-4-8-16(18)14-21-23(30)29(24(31-21)26-17-9-2-1-3-10-17)15-22-27-19-12-6-7-13-20(19)28-22/h1-14H,15H2,(H,27,28)/b21-14-,26-24?. The molecule has 1 aromatic heterocycles. The largest absolute Gasteiger partial charge is 0.340 e. The third kappa shape index (κ3) is 4.13. The van der Waals surface area contributed by atoms with Crippen LogP contribution in [0, 0.1) is 0 Å². The lowest BCUT2D eigenvalue weighted by Crippen LogP contribution is -2.29. The van der Waals surface area contributed by atoms with Crippen molar-refractivity contribution >= 4 is 57.2 Å². The molecule has 0 aliphatic carbocycles. The van der Waals surface area contributed by atoms with E-state index in [9.17, 15) is 4.79 Å². The van der Waals surface area contributed by atoms with E-state index in [-0.39, 0.29) is 5.91 Å². The third-order valence-corrected chi connectivity index (χ3v) is 6.16. The summed E-state index contributed by atoms with van der Waals surface area (Å²) in [6.07, 6.45) is 1.81. The number of amides is 1. The van der Waals surface area contributed by atoms with E-state index in [0.29, 0.717) is 27.5 Å². The van der Waals surface area contributed by atoms with Crippen LogP contribution in [-0.4, -0.2) is 25.9 Å². The summed E-state index contributed by atoms with van der Waals surface area (Å²) >= 11 is 7.64. The Bertz CT molecular complexity index is 1300. The maximum absolute atomic E-state index is 13.3. The summed E-state index contributed by atoms with van der Waals surface area (Å²) in [5.74, 6) is 0.579. The number of halogens is 1. The number of carbonyl (C=O) groups is 1. The first-order chi connectivity index (χ1) is 15.2. The second kappa shape index (κ2) is 8.41. The molecule has 0 unspecified atom stereocenters. The zero-order chi connectivity index (χ0) is 21.2. The van der Waals surface area contributed by atoms with Crippen molar-refractivity contribution in [1.82, 2.24) is 14.9 Å². The first-order valence-corrected chi connectivity index (χ1v) is 10.9. The van der Waals surface area contributed by atoms with Gasteiger partial charge in [0.25, 0.3) is 5.91 Å². The maximum atomic E-state index is 13.3. The van der Waals surface area contributed by atoms with Gasteiger partial charge in [-0.05, 0) is 53.7 Å². The zero-order valence-electron chi connectivity index (χ0n) is 16.3. The van der Waals surface area contributed by atoms with E-state index in [1.54, 1.807) is 4.90 Å². The molecule has 0 radical (unpaired) electrons. The summed E-state index contributed by atoms with van der Waals surface area (Å²) in [7, 11) is 0. The van der Waals surface area contributed by atoms with Gasteiger partial charge in [0.15, 0.2) is 5.17 Å². The molecular formula is C24H17ClN4OS. The van der Waals surface area contributed by atoms with Crippen molar-refractivity contribution in [2.45, 2.75) is 6.54 Å². The molecule has 1 N–H and O–H groups in total. The minimum atomic E-state index is -0.125. The predicted octanol–water partition coefficient (Wildman–Crippen LogP) is 6.02. The Morgan fingerprint density at radius 1 is 1.00 bits per heavy atom. The Kier molecular flexibility index (Phi) is 5.32. The number of aromatic amines is 1. The van der Waals surface area contributed by atoms with Crippen molar-refractivity contribution in [3.05, 3.63) is 100 Å². The number of benzene rings is 3. The smallest absolute Gasteiger partial charge is 0.267 e. The molecule has 1 aliphatic heterocycles. The van der Waals surface area contributed by atoms with Crippen LogP contribution in [0.5, 0.6) is 0 Å². The molecule has 3 aromatic carbocycles. The Morgan fingerprint density at radius 3 is 2.55 bits per heavy atom. The summed E-state index contributed by atoms with van der Waals surface area (Å²) < 4.78 is 0. The predicted molar refractivity (Wildman–Crippen MR) is 127 cm³/mol. The van der Waals surface area contributed by atoms with Gasteiger partial charge in [0.1, 0.15) is 5.82 Å². The number of nitrogens with one attached hydrogen (secondary N) is 1. The van der Waals surface area contributed by atoms with Crippen LogP contribution in [0.1, 0.15) is 11.4 Å². The lowest BCUT2D eigenvalue weighted by atomic mass is 10.2. The van der Waals surface area contributed by atoms with Crippen molar-refractivity contribution in [2.24, 2.45) is 4.99 Å². The maximum Gasteiger partial charge on any atom is 0.267 e. The molecule has 0 atom stereocenters. The van der Waals surface area contributed by atoms with Crippen LogP contribution < -0.4 is 0 Å². The number of hydrogen-bond acceptors (Lipinski definition) is 4. The summed E-state index contributed by atoms with van der Waals surface area (Å²) in [5.41, 5.74) is 3.38. The van der Waals surface area contributed by atoms with Crippen LogP contribution >= 0.6 is 23.4 Å². The van der Waals surface area contributed by atoms with Gasteiger partial charge in [-0.1, -0.05) is 60.1 Å². The Morgan fingerprint density at radius 2 is 1.74 bits per heavy atom. The molecule has 1 fully saturated rings. The number of rotatable bonds is 4. The van der Waals surface area contributed by atoms with Crippen LogP contribution in [0.4, 0.5) is 5.69 Å². The molecule has 1 saturated heterocycles. The summed E-state index contributed by atoms with van der Waals surface area (Å²) in [4.78, 5) is 28.2. The molecule has 5 rings (SSSR count). The molecule has 0 saturated carbocycles. The number of nitrogens with zero attached hydrogens (tertiary/aromatic N) is 3. The van der Waals surface area contributed by atoms with Gasteiger partial charge in [-0.3, -0.25) is 9.69 Å². The lowest BCUT2D eigenvalue weighted by Gasteiger charge is -2.13. The number of carbonyl (C=O) groups excluding carboxylic acids is 1. The molecule has 1 aliphatic rings. The fourth-order valence-corrected chi connectivity index (χ4v) is 4.49. The van der Waals surface area contributed by atoms with E-state index < -0.39 is 0 Å². The van der Waals surface area contributed by atoms with Gasteiger partial charge in [0.05, 0.1) is 28.2 Å². The second-order valence-electron chi connectivity index (χ2n) is 6.95. The number of aromatic nitrogens is 2. The fourth-order valence-electron chi connectivity index (χ4n) is 3.31. The van der Waals surface area contributed by atoms with E-state index in [0.717, 1.165) is 22.3 Å². The Hall–Kier alpha value is -3.35.